The molecule has 1 aromatic heterocycles. The Labute approximate surface area is 120 Å². The van der Waals surface area contributed by atoms with E-state index in [0.717, 1.165) is 31.1 Å². The second kappa shape index (κ2) is 5.90. The summed E-state index contributed by atoms with van der Waals surface area (Å²) in [5, 5.41) is 3.79. The fourth-order valence-corrected chi connectivity index (χ4v) is 4.52. The van der Waals surface area contributed by atoms with E-state index in [-0.39, 0.29) is 0 Å². The van der Waals surface area contributed by atoms with Crippen LogP contribution in [0.15, 0.2) is 5.51 Å². The lowest BCUT2D eigenvalue weighted by Gasteiger charge is -2.47. The van der Waals surface area contributed by atoms with Gasteiger partial charge >= 0.3 is 0 Å². The zero-order chi connectivity index (χ0) is 13.2. The Morgan fingerprint density at radius 3 is 2.74 bits per heavy atom. The van der Waals surface area contributed by atoms with Gasteiger partial charge in [-0.05, 0) is 46.1 Å². The smallest absolute Gasteiger partial charge is 0.0797 e. The Hall–Kier alpha value is -0.450. The number of thiazole rings is 1. The number of hydrogen-bond donors (Lipinski definition) is 1. The van der Waals surface area contributed by atoms with Crippen molar-refractivity contribution in [1.82, 2.24) is 15.2 Å². The first-order chi connectivity index (χ1) is 9.24. The van der Waals surface area contributed by atoms with Gasteiger partial charge in [-0.15, -0.1) is 11.3 Å². The van der Waals surface area contributed by atoms with E-state index < -0.39 is 0 Å². The van der Waals surface area contributed by atoms with Crippen molar-refractivity contribution in [2.45, 2.75) is 63.6 Å². The Balaban J connectivity index is 1.47. The van der Waals surface area contributed by atoms with Crippen LogP contribution in [-0.4, -0.2) is 41.6 Å². The summed E-state index contributed by atoms with van der Waals surface area (Å²) in [6.45, 7) is 3.22. The molecule has 0 radical (unpaired) electrons. The van der Waals surface area contributed by atoms with Gasteiger partial charge in [-0.3, -0.25) is 0 Å². The lowest BCUT2D eigenvalue weighted by atomic mass is 9.82. The van der Waals surface area contributed by atoms with Gasteiger partial charge in [0.25, 0.3) is 0 Å². The highest BCUT2D eigenvalue weighted by Gasteiger charge is 2.35. The van der Waals surface area contributed by atoms with Crippen LogP contribution in [0.1, 0.15) is 42.7 Å². The molecule has 1 N–H and O–H groups in total. The molecule has 3 rings (SSSR count). The fourth-order valence-electron chi connectivity index (χ4n) is 3.74. The summed E-state index contributed by atoms with van der Waals surface area (Å²) in [5.74, 6) is 0. The number of piperidine rings is 2. The fraction of sp³-hybridized carbons (Fsp3) is 0.800. The van der Waals surface area contributed by atoms with E-state index >= 15 is 0 Å². The van der Waals surface area contributed by atoms with Gasteiger partial charge in [-0.2, -0.15) is 0 Å². The van der Waals surface area contributed by atoms with Gasteiger partial charge in [0.2, 0.25) is 0 Å². The minimum absolute atomic E-state index is 0.736. The van der Waals surface area contributed by atoms with Crippen molar-refractivity contribution in [3.8, 4) is 0 Å². The third kappa shape index (κ3) is 3.01. The van der Waals surface area contributed by atoms with Gasteiger partial charge in [0.05, 0.1) is 11.2 Å². The molecule has 0 aromatic carbocycles. The highest BCUT2D eigenvalue weighted by Crippen LogP contribution is 2.32. The van der Waals surface area contributed by atoms with Crippen LogP contribution in [0.4, 0.5) is 0 Å². The number of nitrogens with zero attached hydrogens (tertiary/aromatic N) is 2. The summed E-state index contributed by atoms with van der Waals surface area (Å²) in [6, 6.07) is 2.39. The van der Waals surface area contributed by atoms with Crippen molar-refractivity contribution in [2.75, 3.05) is 13.6 Å². The quantitative estimate of drug-likeness (QED) is 0.918. The molecule has 19 heavy (non-hydrogen) atoms. The molecule has 0 saturated carbocycles. The molecule has 3 nitrogen and oxygen atoms in total. The first-order valence-electron chi connectivity index (χ1n) is 7.58. The van der Waals surface area contributed by atoms with Gasteiger partial charge in [-0.1, -0.05) is 6.42 Å². The molecular formula is C15H25N3S. The van der Waals surface area contributed by atoms with Crippen LogP contribution in [0.2, 0.25) is 0 Å². The maximum atomic E-state index is 4.32. The number of fused-ring (bicyclic) bond motifs is 2. The molecule has 0 aliphatic carbocycles. The monoisotopic (exact) mass is 279 g/mol. The minimum Gasteiger partial charge on any atom is -0.314 e. The third-order valence-electron chi connectivity index (χ3n) is 4.97. The van der Waals surface area contributed by atoms with Crippen LogP contribution in [0.3, 0.4) is 0 Å². The molecule has 1 aromatic rings. The summed E-state index contributed by atoms with van der Waals surface area (Å²) in [7, 11) is 2.32. The summed E-state index contributed by atoms with van der Waals surface area (Å²) in [4.78, 5) is 8.40. The molecule has 106 valence electrons. The number of rotatable bonds is 4. The van der Waals surface area contributed by atoms with E-state index in [9.17, 15) is 0 Å². The van der Waals surface area contributed by atoms with Crippen LogP contribution in [0, 0.1) is 6.92 Å². The Morgan fingerprint density at radius 1 is 1.37 bits per heavy atom. The average molecular weight is 279 g/mol. The van der Waals surface area contributed by atoms with E-state index in [2.05, 4.69) is 29.2 Å². The Kier molecular flexibility index (Phi) is 4.20. The van der Waals surface area contributed by atoms with Crippen LogP contribution in [0.5, 0.6) is 0 Å². The third-order valence-corrected chi connectivity index (χ3v) is 5.96. The molecule has 0 spiro atoms. The molecule has 2 unspecified atom stereocenters. The SMILES string of the molecule is Cc1ncsc1CCNC1CC2CCCC(C1)N2C. The lowest BCUT2D eigenvalue weighted by Crippen LogP contribution is -2.54. The zero-order valence-corrected chi connectivity index (χ0v) is 12.9. The maximum Gasteiger partial charge on any atom is 0.0797 e. The first kappa shape index (κ1) is 13.5. The summed E-state index contributed by atoms with van der Waals surface area (Å²) >= 11 is 1.79. The normalized spacial score (nSPS) is 31.6. The van der Waals surface area contributed by atoms with E-state index in [1.54, 1.807) is 11.3 Å². The highest BCUT2D eigenvalue weighted by molar-refractivity contribution is 7.09. The molecule has 2 atom stereocenters. The van der Waals surface area contributed by atoms with Crippen LogP contribution >= 0.6 is 11.3 Å². The molecule has 2 aliphatic rings. The highest BCUT2D eigenvalue weighted by atomic mass is 32.1. The van der Waals surface area contributed by atoms with E-state index in [1.165, 1.54) is 42.7 Å². The molecule has 2 bridgehead atoms. The van der Waals surface area contributed by atoms with Gasteiger partial charge < -0.3 is 10.2 Å². The summed E-state index contributed by atoms with van der Waals surface area (Å²) < 4.78 is 0. The summed E-state index contributed by atoms with van der Waals surface area (Å²) in [6.07, 6.45) is 8.06. The van der Waals surface area contributed by atoms with Crippen LogP contribution in [-0.2, 0) is 6.42 Å². The standard InChI is InChI=1S/C15H25N3S/c1-11-15(19-10-17-11)6-7-16-12-8-13-4-3-5-14(9-12)18(13)2/h10,12-14,16H,3-9H2,1-2H3. The molecule has 2 saturated heterocycles. The van der Waals surface area contributed by atoms with Gasteiger partial charge in [0.1, 0.15) is 0 Å². The van der Waals surface area contributed by atoms with E-state index in [4.69, 9.17) is 0 Å². The van der Waals surface area contributed by atoms with Gasteiger partial charge in [0, 0.05) is 29.5 Å². The predicted octanol–water partition coefficient (Wildman–Crippen LogP) is 2.60. The number of nitrogens with one attached hydrogen (secondary N) is 1. The number of aromatic nitrogens is 1. The molecule has 0 amide bonds. The summed E-state index contributed by atoms with van der Waals surface area (Å²) in [5.41, 5.74) is 3.18. The first-order valence-corrected chi connectivity index (χ1v) is 8.46. The van der Waals surface area contributed by atoms with Crippen molar-refractivity contribution in [3.05, 3.63) is 16.1 Å². The molecule has 4 heteroatoms. The molecule has 2 aliphatic heterocycles. The van der Waals surface area contributed by atoms with Crippen molar-refractivity contribution >= 4 is 11.3 Å². The van der Waals surface area contributed by atoms with E-state index in [0.29, 0.717) is 0 Å². The van der Waals surface area contributed by atoms with E-state index in [1.807, 2.05) is 5.51 Å². The second-order valence-electron chi connectivity index (χ2n) is 6.14. The number of hydrogen-bond acceptors (Lipinski definition) is 4. The zero-order valence-electron chi connectivity index (χ0n) is 12.1. The van der Waals surface area contributed by atoms with Gasteiger partial charge in [-0.25, -0.2) is 4.98 Å². The Bertz CT molecular complexity index is 403. The molecule has 2 fully saturated rings. The maximum absolute atomic E-state index is 4.32. The van der Waals surface area contributed by atoms with Crippen LogP contribution in [0.25, 0.3) is 0 Å². The van der Waals surface area contributed by atoms with Crippen molar-refractivity contribution in [3.63, 3.8) is 0 Å². The Morgan fingerprint density at radius 2 is 2.11 bits per heavy atom. The molecular weight excluding hydrogens is 254 g/mol. The lowest BCUT2D eigenvalue weighted by molar-refractivity contribution is 0.0488. The number of aryl methyl sites for hydroxylation is 1. The molecule has 3 heterocycles. The average Bonchev–Trinajstić information content (AvgIpc) is 2.76. The topological polar surface area (TPSA) is 28.2 Å². The van der Waals surface area contributed by atoms with Crippen molar-refractivity contribution < 1.29 is 0 Å². The largest absolute Gasteiger partial charge is 0.314 e. The second-order valence-corrected chi connectivity index (χ2v) is 7.08. The van der Waals surface area contributed by atoms with Crippen LogP contribution < -0.4 is 5.32 Å². The van der Waals surface area contributed by atoms with Crippen molar-refractivity contribution in [2.24, 2.45) is 0 Å². The van der Waals surface area contributed by atoms with Gasteiger partial charge in [0.15, 0.2) is 0 Å². The predicted molar refractivity (Wildman–Crippen MR) is 80.8 cm³/mol. The van der Waals surface area contributed by atoms with Crippen molar-refractivity contribution in [1.29, 1.82) is 0 Å². The minimum atomic E-state index is 0.736.